The topological polar surface area (TPSA) is 44.8 Å². The number of methoxy groups -OCH3 is 1. The van der Waals surface area contributed by atoms with Crippen LogP contribution in [0.2, 0.25) is 0 Å². The molecule has 2 fully saturated rings. The number of carbonyl (C=O) groups is 1. The highest BCUT2D eigenvalue weighted by Crippen LogP contribution is 2.41. The van der Waals surface area contributed by atoms with E-state index in [0.29, 0.717) is 13.0 Å². The second-order valence-corrected chi connectivity index (χ2v) is 6.30. The van der Waals surface area contributed by atoms with Gasteiger partial charge in [-0.15, -0.1) is 0 Å². The highest BCUT2D eigenvalue weighted by molar-refractivity contribution is 5.73. The molecule has 1 unspecified atom stereocenters. The van der Waals surface area contributed by atoms with Crippen LogP contribution in [-0.2, 0) is 20.9 Å². The van der Waals surface area contributed by atoms with Crippen LogP contribution in [0.25, 0.3) is 0 Å². The van der Waals surface area contributed by atoms with Crippen molar-refractivity contribution in [2.24, 2.45) is 0 Å². The summed E-state index contributed by atoms with van der Waals surface area (Å²) in [5.74, 6) is 0.727. The van der Waals surface area contributed by atoms with Crippen LogP contribution < -0.4 is 4.74 Å². The molecule has 1 atom stereocenters. The van der Waals surface area contributed by atoms with Crippen molar-refractivity contribution in [2.75, 3.05) is 7.11 Å². The summed E-state index contributed by atoms with van der Waals surface area (Å²) in [7, 11) is 1.66. The zero-order chi connectivity index (χ0) is 15.4. The second kappa shape index (κ2) is 6.69. The van der Waals surface area contributed by atoms with Crippen LogP contribution in [0.1, 0.15) is 50.5 Å². The highest BCUT2D eigenvalue weighted by atomic mass is 16.6. The summed E-state index contributed by atoms with van der Waals surface area (Å²) >= 11 is 0. The third kappa shape index (κ3) is 3.27. The van der Waals surface area contributed by atoms with Gasteiger partial charge < -0.3 is 14.2 Å². The molecule has 120 valence electrons. The molecule has 22 heavy (non-hydrogen) atoms. The summed E-state index contributed by atoms with van der Waals surface area (Å²) in [6, 6.07) is 7.85. The minimum atomic E-state index is -0.375. The van der Waals surface area contributed by atoms with E-state index in [1.54, 1.807) is 7.11 Å². The van der Waals surface area contributed by atoms with E-state index in [0.717, 1.165) is 37.0 Å². The van der Waals surface area contributed by atoms with Gasteiger partial charge in [-0.3, -0.25) is 4.79 Å². The molecule has 4 heteroatoms. The summed E-state index contributed by atoms with van der Waals surface area (Å²) in [5.41, 5.74) is 0.712. The number of esters is 1. The Morgan fingerprint density at radius 1 is 1.14 bits per heavy atom. The van der Waals surface area contributed by atoms with Crippen LogP contribution in [0.5, 0.6) is 5.75 Å². The number of carbonyl (C=O) groups excluding carboxylic acids is 1. The largest absolute Gasteiger partial charge is 0.497 e. The van der Waals surface area contributed by atoms with Crippen LogP contribution in [0.3, 0.4) is 0 Å². The maximum absolute atomic E-state index is 11.8. The smallest absolute Gasteiger partial charge is 0.309 e. The molecule has 1 saturated carbocycles. The van der Waals surface area contributed by atoms with Crippen molar-refractivity contribution in [1.29, 1.82) is 0 Å². The van der Waals surface area contributed by atoms with Gasteiger partial charge in [0.2, 0.25) is 0 Å². The predicted octanol–water partition coefficient (Wildman–Crippen LogP) is 3.62. The van der Waals surface area contributed by atoms with Gasteiger partial charge in [-0.25, -0.2) is 0 Å². The molecule has 1 aliphatic carbocycles. The molecule has 0 radical (unpaired) electrons. The molecule has 2 aliphatic rings. The minimum Gasteiger partial charge on any atom is -0.497 e. The van der Waals surface area contributed by atoms with Gasteiger partial charge in [0.25, 0.3) is 0 Å². The van der Waals surface area contributed by atoms with Crippen LogP contribution in [0.4, 0.5) is 0 Å². The lowest BCUT2D eigenvalue weighted by Gasteiger charge is -2.32. The average Bonchev–Trinajstić information content (AvgIpc) is 2.70. The Balaban J connectivity index is 1.65. The number of benzene rings is 1. The van der Waals surface area contributed by atoms with E-state index in [4.69, 9.17) is 14.2 Å². The molecule has 4 nitrogen and oxygen atoms in total. The van der Waals surface area contributed by atoms with E-state index in [1.165, 1.54) is 12.8 Å². The van der Waals surface area contributed by atoms with Crippen LogP contribution in [-0.4, -0.2) is 24.8 Å². The lowest BCUT2D eigenvalue weighted by molar-refractivity contribution is -0.154. The van der Waals surface area contributed by atoms with Crippen molar-refractivity contribution in [3.8, 4) is 5.75 Å². The van der Waals surface area contributed by atoms with Gasteiger partial charge in [0, 0.05) is 0 Å². The van der Waals surface area contributed by atoms with E-state index in [-0.39, 0.29) is 17.7 Å². The van der Waals surface area contributed by atoms with Crippen molar-refractivity contribution in [3.05, 3.63) is 29.8 Å². The first-order valence-corrected chi connectivity index (χ1v) is 8.18. The molecule has 1 aromatic rings. The fourth-order valence-corrected chi connectivity index (χ4v) is 3.55. The summed E-state index contributed by atoms with van der Waals surface area (Å²) in [5, 5.41) is 0. The Bertz CT molecular complexity index is 500. The van der Waals surface area contributed by atoms with E-state index in [9.17, 15) is 4.79 Å². The first-order chi connectivity index (χ1) is 10.7. The molecule has 0 N–H and O–H groups in total. The molecular weight excluding hydrogens is 280 g/mol. The maximum Gasteiger partial charge on any atom is 0.309 e. The summed E-state index contributed by atoms with van der Waals surface area (Å²) in [4.78, 5) is 11.8. The van der Waals surface area contributed by atoms with Crippen molar-refractivity contribution in [2.45, 2.75) is 63.3 Å². The van der Waals surface area contributed by atoms with E-state index in [2.05, 4.69) is 0 Å². The Hall–Kier alpha value is -1.55. The SMILES string of the molecule is COc1ccc(COC2CC(=O)OC23CCCCCC3)cc1. The normalized spacial score (nSPS) is 24.0. The molecular formula is C18H24O4. The molecule has 1 aliphatic heterocycles. The van der Waals surface area contributed by atoms with E-state index in [1.807, 2.05) is 24.3 Å². The lowest BCUT2D eigenvalue weighted by Crippen LogP contribution is -2.40. The predicted molar refractivity (Wildman–Crippen MR) is 82.7 cm³/mol. The third-order valence-electron chi connectivity index (χ3n) is 4.82. The zero-order valence-electron chi connectivity index (χ0n) is 13.2. The Morgan fingerprint density at radius 2 is 1.82 bits per heavy atom. The lowest BCUT2D eigenvalue weighted by atomic mass is 9.88. The van der Waals surface area contributed by atoms with Crippen LogP contribution in [0, 0.1) is 0 Å². The van der Waals surface area contributed by atoms with Gasteiger partial charge >= 0.3 is 5.97 Å². The van der Waals surface area contributed by atoms with Gasteiger partial charge in [-0.1, -0.05) is 25.0 Å². The van der Waals surface area contributed by atoms with Crippen LogP contribution in [0.15, 0.2) is 24.3 Å². The van der Waals surface area contributed by atoms with Crippen molar-refractivity contribution in [3.63, 3.8) is 0 Å². The average molecular weight is 304 g/mol. The van der Waals surface area contributed by atoms with Gasteiger partial charge in [0.05, 0.1) is 20.1 Å². The van der Waals surface area contributed by atoms with Gasteiger partial charge in [-0.2, -0.15) is 0 Å². The van der Waals surface area contributed by atoms with Gasteiger partial charge in [0.15, 0.2) is 0 Å². The Morgan fingerprint density at radius 3 is 2.45 bits per heavy atom. The first-order valence-electron chi connectivity index (χ1n) is 8.18. The minimum absolute atomic E-state index is 0.110. The number of hydrogen-bond acceptors (Lipinski definition) is 4. The summed E-state index contributed by atoms with van der Waals surface area (Å²) in [6.45, 7) is 0.507. The zero-order valence-corrected chi connectivity index (χ0v) is 13.2. The molecule has 0 amide bonds. The maximum atomic E-state index is 11.8. The number of ether oxygens (including phenoxy) is 3. The Labute approximate surface area is 131 Å². The highest BCUT2D eigenvalue weighted by Gasteiger charge is 2.49. The molecule has 0 bridgehead atoms. The molecule has 3 rings (SSSR count). The molecule has 1 aromatic carbocycles. The van der Waals surface area contributed by atoms with E-state index < -0.39 is 0 Å². The van der Waals surface area contributed by atoms with E-state index >= 15 is 0 Å². The summed E-state index contributed by atoms with van der Waals surface area (Å²) in [6.07, 6.45) is 6.84. The van der Waals surface area contributed by atoms with Gasteiger partial charge in [0.1, 0.15) is 17.5 Å². The number of hydrogen-bond donors (Lipinski definition) is 0. The fourth-order valence-electron chi connectivity index (χ4n) is 3.55. The van der Waals surface area contributed by atoms with Crippen molar-refractivity contribution < 1.29 is 19.0 Å². The standard InChI is InChI=1S/C18H24O4/c1-20-15-8-6-14(7-9-15)13-21-16-12-17(19)22-18(16)10-4-2-3-5-11-18/h6-9,16H,2-5,10-13H2,1H3. The quantitative estimate of drug-likeness (QED) is 0.797. The molecule has 0 aromatic heterocycles. The van der Waals surface area contributed by atoms with Gasteiger partial charge in [-0.05, 0) is 43.4 Å². The molecule has 1 saturated heterocycles. The van der Waals surface area contributed by atoms with Crippen LogP contribution >= 0.6 is 0 Å². The summed E-state index contributed by atoms with van der Waals surface area (Å²) < 4.78 is 17.0. The fraction of sp³-hybridized carbons (Fsp3) is 0.611. The molecule has 1 heterocycles. The molecule has 1 spiro atoms. The third-order valence-corrected chi connectivity index (χ3v) is 4.82. The Kier molecular flexibility index (Phi) is 4.67. The van der Waals surface area contributed by atoms with Crippen molar-refractivity contribution in [1.82, 2.24) is 0 Å². The first kappa shape index (κ1) is 15.3. The van der Waals surface area contributed by atoms with Crippen molar-refractivity contribution >= 4 is 5.97 Å². The monoisotopic (exact) mass is 304 g/mol. The number of rotatable bonds is 4. The second-order valence-electron chi connectivity index (χ2n) is 6.30.